The lowest BCUT2D eigenvalue weighted by atomic mass is 10.1. The molecule has 0 aromatic heterocycles. The molecule has 0 saturated carbocycles. The summed E-state index contributed by atoms with van der Waals surface area (Å²) in [5.41, 5.74) is 0.735. The lowest BCUT2D eigenvalue weighted by Crippen LogP contribution is -2.50. The van der Waals surface area contributed by atoms with Gasteiger partial charge in [-0.25, -0.2) is 17.6 Å². The third-order valence-electron chi connectivity index (χ3n) is 4.51. The van der Waals surface area contributed by atoms with Crippen molar-refractivity contribution in [3.05, 3.63) is 65.5 Å². The van der Waals surface area contributed by atoms with Crippen molar-refractivity contribution in [2.24, 2.45) is 0 Å². The molecule has 28 heavy (non-hydrogen) atoms. The quantitative estimate of drug-likeness (QED) is 0.723. The number of methoxy groups -OCH3 is 1. The minimum atomic E-state index is -3.81. The normalized spacial score (nSPS) is 15.3. The van der Waals surface area contributed by atoms with Gasteiger partial charge in [0.05, 0.1) is 17.6 Å². The summed E-state index contributed by atoms with van der Waals surface area (Å²) >= 11 is 0. The van der Waals surface area contributed by atoms with Crippen LogP contribution in [0.3, 0.4) is 0 Å². The summed E-state index contributed by atoms with van der Waals surface area (Å²) in [6.07, 6.45) is 0. The van der Waals surface area contributed by atoms with Gasteiger partial charge in [-0.3, -0.25) is 4.79 Å². The smallest absolute Gasteiger partial charge is 0.337 e. The van der Waals surface area contributed by atoms with Crippen LogP contribution in [0.5, 0.6) is 0 Å². The molecule has 1 aliphatic heterocycles. The first-order chi connectivity index (χ1) is 13.3. The van der Waals surface area contributed by atoms with Gasteiger partial charge in [-0.15, -0.1) is 0 Å². The number of benzene rings is 2. The highest BCUT2D eigenvalue weighted by Gasteiger charge is 2.30. The Morgan fingerprint density at radius 2 is 1.57 bits per heavy atom. The molecule has 1 saturated heterocycles. The van der Waals surface area contributed by atoms with E-state index in [0.29, 0.717) is 11.1 Å². The van der Waals surface area contributed by atoms with E-state index in [-0.39, 0.29) is 37.0 Å². The van der Waals surface area contributed by atoms with E-state index in [1.54, 1.807) is 4.90 Å². The van der Waals surface area contributed by atoms with Gasteiger partial charge in [-0.1, -0.05) is 6.07 Å². The number of amides is 1. The Morgan fingerprint density at radius 1 is 0.964 bits per heavy atom. The molecule has 0 N–H and O–H groups in total. The van der Waals surface area contributed by atoms with Crippen LogP contribution in [0.4, 0.5) is 4.39 Å². The average Bonchev–Trinajstić information content (AvgIpc) is 2.73. The second-order valence-electron chi connectivity index (χ2n) is 6.22. The number of piperazine rings is 1. The highest BCUT2D eigenvalue weighted by molar-refractivity contribution is 7.89. The molecule has 0 atom stereocenters. The van der Waals surface area contributed by atoms with E-state index < -0.39 is 21.8 Å². The van der Waals surface area contributed by atoms with Crippen LogP contribution in [0, 0.1) is 5.82 Å². The highest BCUT2D eigenvalue weighted by Crippen LogP contribution is 2.19. The van der Waals surface area contributed by atoms with Crippen molar-refractivity contribution in [3.8, 4) is 0 Å². The van der Waals surface area contributed by atoms with Gasteiger partial charge in [0.1, 0.15) is 5.82 Å². The van der Waals surface area contributed by atoms with Crippen LogP contribution in [0.2, 0.25) is 0 Å². The zero-order valence-electron chi connectivity index (χ0n) is 15.2. The standard InChI is InChI=1S/C19H19FN2O5S/c1-27-19(24)15-7-5-14(6-8-15)18(23)21-9-11-22(12-10-21)28(25,26)17-4-2-3-16(20)13-17/h2-8,13H,9-12H2,1H3. The molecule has 0 aliphatic carbocycles. The molecule has 0 spiro atoms. The van der Waals surface area contributed by atoms with E-state index >= 15 is 0 Å². The molecule has 7 nitrogen and oxygen atoms in total. The number of carbonyl (C=O) groups excluding carboxylic acids is 2. The van der Waals surface area contributed by atoms with Gasteiger partial charge < -0.3 is 9.64 Å². The summed E-state index contributed by atoms with van der Waals surface area (Å²) in [6, 6.07) is 10.9. The Kier molecular flexibility index (Phi) is 5.76. The Hall–Kier alpha value is -2.78. The zero-order valence-corrected chi connectivity index (χ0v) is 16.0. The number of nitrogens with zero attached hydrogens (tertiary/aromatic N) is 2. The number of hydrogen-bond donors (Lipinski definition) is 0. The van der Waals surface area contributed by atoms with Gasteiger partial charge >= 0.3 is 5.97 Å². The van der Waals surface area contributed by atoms with Gasteiger partial charge in [0, 0.05) is 31.7 Å². The minimum absolute atomic E-state index is 0.106. The first kappa shape index (κ1) is 20.0. The third-order valence-corrected chi connectivity index (χ3v) is 6.41. The minimum Gasteiger partial charge on any atom is -0.465 e. The Morgan fingerprint density at radius 3 is 2.14 bits per heavy atom. The maximum absolute atomic E-state index is 13.4. The maximum Gasteiger partial charge on any atom is 0.337 e. The Labute approximate surface area is 162 Å². The number of esters is 1. The number of sulfonamides is 1. The van der Waals surface area contributed by atoms with E-state index in [0.717, 1.165) is 6.07 Å². The molecule has 1 amide bonds. The van der Waals surface area contributed by atoms with Crippen LogP contribution in [0.25, 0.3) is 0 Å². The fourth-order valence-corrected chi connectivity index (χ4v) is 4.41. The van der Waals surface area contributed by atoms with Crippen LogP contribution >= 0.6 is 0 Å². The molecule has 0 bridgehead atoms. The van der Waals surface area contributed by atoms with Crippen molar-refractivity contribution in [1.82, 2.24) is 9.21 Å². The van der Waals surface area contributed by atoms with Crippen molar-refractivity contribution < 1.29 is 27.1 Å². The maximum atomic E-state index is 13.4. The van der Waals surface area contributed by atoms with E-state index in [2.05, 4.69) is 4.74 Å². The number of carbonyl (C=O) groups is 2. The first-order valence-corrected chi connectivity index (χ1v) is 10.0. The number of rotatable bonds is 4. The number of halogens is 1. The van der Waals surface area contributed by atoms with Crippen molar-refractivity contribution in [3.63, 3.8) is 0 Å². The highest BCUT2D eigenvalue weighted by atomic mass is 32.2. The Bertz CT molecular complexity index is 984. The number of ether oxygens (including phenoxy) is 1. The fourth-order valence-electron chi connectivity index (χ4n) is 2.96. The summed E-state index contributed by atoms with van der Waals surface area (Å²) in [5, 5.41) is 0. The molecular formula is C19H19FN2O5S. The third kappa shape index (κ3) is 4.05. The van der Waals surface area contributed by atoms with Gasteiger partial charge in [-0.2, -0.15) is 4.31 Å². The zero-order chi connectivity index (χ0) is 20.3. The van der Waals surface area contributed by atoms with Crippen LogP contribution in [0.15, 0.2) is 53.4 Å². The lowest BCUT2D eigenvalue weighted by molar-refractivity contribution is 0.0599. The summed E-state index contributed by atoms with van der Waals surface area (Å²) in [6.45, 7) is 0.661. The van der Waals surface area contributed by atoms with E-state index in [1.165, 1.54) is 53.9 Å². The summed E-state index contributed by atoms with van der Waals surface area (Å²) < 4.78 is 44.5. The first-order valence-electron chi connectivity index (χ1n) is 8.56. The predicted octanol–water partition coefficient (Wildman–Crippen LogP) is 1.76. The SMILES string of the molecule is COC(=O)c1ccc(C(=O)N2CCN(S(=O)(=O)c3cccc(F)c3)CC2)cc1. The topological polar surface area (TPSA) is 84.0 Å². The molecule has 1 fully saturated rings. The molecule has 148 valence electrons. The van der Waals surface area contributed by atoms with Crippen LogP contribution in [-0.2, 0) is 14.8 Å². The predicted molar refractivity (Wildman–Crippen MR) is 98.8 cm³/mol. The molecular weight excluding hydrogens is 387 g/mol. The molecule has 1 aliphatic rings. The molecule has 2 aromatic rings. The largest absolute Gasteiger partial charge is 0.465 e. The summed E-state index contributed by atoms with van der Waals surface area (Å²) in [7, 11) is -2.54. The van der Waals surface area contributed by atoms with Gasteiger partial charge in [0.25, 0.3) is 5.91 Å². The van der Waals surface area contributed by atoms with Crippen molar-refractivity contribution in [2.75, 3.05) is 33.3 Å². The molecule has 0 unspecified atom stereocenters. The molecule has 0 radical (unpaired) electrons. The average molecular weight is 406 g/mol. The van der Waals surface area contributed by atoms with Crippen molar-refractivity contribution in [1.29, 1.82) is 0 Å². The summed E-state index contributed by atoms with van der Waals surface area (Å²) in [5.74, 6) is -1.36. The second kappa shape index (κ2) is 8.07. The fraction of sp³-hybridized carbons (Fsp3) is 0.263. The Balaban J connectivity index is 1.66. The van der Waals surface area contributed by atoms with Crippen LogP contribution in [0.1, 0.15) is 20.7 Å². The van der Waals surface area contributed by atoms with Crippen LogP contribution < -0.4 is 0 Å². The molecule has 2 aromatic carbocycles. The van der Waals surface area contributed by atoms with Crippen molar-refractivity contribution in [2.45, 2.75) is 4.90 Å². The van der Waals surface area contributed by atoms with Gasteiger partial charge in [0.2, 0.25) is 10.0 Å². The molecule has 1 heterocycles. The lowest BCUT2D eigenvalue weighted by Gasteiger charge is -2.34. The monoisotopic (exact) mass is 406 g/mol. The van der Waals surface area contributed by atoms with Gasteiger partial charge in [-0.05, 0) is 42.5 Å². The van der Waals surface area contributed by atoms with E-state index in [9.17, 15) is 22.4 Å². The van der Waals surface area contributed by atoms with Gasteiger partial charge in [0.15, 0.2) is 0 Å². The van der Waals surface area contributed by atoms with E-state index in [1.807, 2.05) is 0 Å². The van der Waals surface area contributed by atoms with E-state index in [4.69, 9.17) is 0 Å². The number of hydrogen-bond acceptors (Lipinski definition) is 5. The van der Waals surface area contributed by atoms with Crippen LogP contribution in [-0.4, -0.2) is 62.8 Å². The summed E-state index contributed by atoms with van der Waals surface area (Å²) in [4.78, 5) is 25.5. The molecule has 3 rings (SSSR count). The van der Waals surface area contributed by atoms with Crippen molar-refractivity contribution >= 4 is 21.9 Å². The molecule has 9 heteroatoms. The second-order valence-corrected chi connectivity index (χ2v) is 8.16.